The van der Waals surface area contributed by atoms with Crippen molar-refractivity contribution in [3.63, 3.8) is 0 Å². The highest BCUT2D eigenvalue weighted by Crippen LogP contribution is 2.40. The first-order valence-corrected chi connectivity index (χ1v) is 11.5. The molecule has 0 saturated heterocycles. The van der Waals surface area contributed by atoms with Crippen LogP contribution in [0.3, 0.4) is 0 Å². The lowest BCUT2D eigenvalue weighted by Gasteiger charge is -2.28. The summed E-state index contributed by atoms with van der Waals surface area (Å²) in [5.41, 5.74) is 0.138. The maximum Gasteiger partial charge on any atom is 0.133 e. The molecule has 2 atom stereocenters. The van der Waals surface area contributed by atoms with E-state index in [1.54, 1.807) is 60.7 Å². The Hall–Kier alpha value is -2.48. The summed E-state index contributed by atoms with van der Waals surface area (Å²) in [6.45, 7) is 0. The molecule has 0 aliphatic heterocycles. The van der Waals surface area contributed by atoms with Gasteiger partial charge in [0.15, 0.2) is 0 Å². The Morgan fingerprint density at radius 2 is 0.818 bits per heavy atom. The van der Waals surface area contributed by atoms with Crippen molar-refractivity contribution >= 4 is 31.9 Å². The van der Waals surface area contributed by atoms with Crippen LogP contribution in [0.2, 0.25) is 0 Å². The van der Waals surface area contributed by atoms with Crippen molar-refractivity contribution in [2.75, 3.05) is 0 Å². The molecule has 1 nitrogen and oxygen atoms in total. The van der Waals surface area contributed by atoms with Gasteiger partial charge in [-0.05, 0) is 35.4 Å². The molecule has 0 amide bonds. The van der Waals surface area contributed by atoms with Crippen molar-refractivity contribution in [2.45, 2.75) is 12.2 Å². The minimum Gasteiger partial charge on any atom is -0.356 e. The van der Waals surface area contributed by atoms with Gasteiger partial charge in [0.2, 0.25) is 0 Å². The second-order valence-corrected chi connectivity index (χ2v) is 9.12. The van der Waals surface area contributed by atoms with Gasteiger partial charge in [0.05, 0.1) is 11.1 Å². The summed E-state index contributed by atoms with van der Waals surface area (Å²) < 4.78 is 66.7. The molecule has 0 fully saturated rings. The summed E-state index contributed by atoms with van der Waals surface area (Å²) in [7, 11) is 0. The van der Waals surface area contributed by atoms with Crippen LogP contribution in [-0.4, -0.2) is 0 Å². The molecular formula is C26H16Br2F4O. The summed E-state index contributed by atoms with van der Waals surface area (Å²) in [5.74, 6) is -3.39. The van der Waals surface area contributed by atoms with Crippen LogP contribution >= 0.6 is 31.9 Å². The van der Waals surface area contributed by atoms with Gasteiger partial charge in [0, 0.05) is 8.95 Å². The van der Waals surface area contributed by atoms with Gasteiger partial charge in [-0.25, -0.2) is 17.6 Å². The van der Waals surface area contributed by atoms with Gasteiger partial charge in [-0.2, -0.15) is 0 Å². The van der Waals surface area contributed by atoms with E-state index in [0.717, 1.165) is 24.3 Å². The lowest BCUT2D eigenvalue weighted by molar-refractivity contribution is 0.0230. The molecule has 0 aromatic heterocycles. The number of rotatable bonds is 6. The summed E-state index contributed by atoms with van der Waals surface area (Å²) in [6, 6.07) is 21.3. The smallest absolute Gasteiger partial charge is 0.133 e. The van der Waals surface area contributed by atoms with E-state index in [0.29, 0.717) is 11.1 Å². The second-order valence-electron chi connectivity index (χ2n) is 7.28. The third-order valence-corrected chi connectivity index (χ3v) is 6.00. The van der Waals surface area contributed by atoms with Gasteiger partial charge in [-0.3, -0.25) is 0 Å². The van der Waals surface area contributed by atoms with Gasteiger partial charge in [0.25, 0.3) is 0 Å². The zero-order valence-electron chi connectivity index (χ0n) is 16.9. The molecule has 0 N–H and O–H groups in total. The van der Waals surface area contributed by atoms with Gasteiger partial charge in [-0.1, -0.05) is 92.5 Å². The summed E-state index contributed by atoms with van der Waals surface area (Å²) in [6.07, 6.45) is -2.57. The van der Waals surface area contributed by atoms with Crippen LogP contribution in [0.25, 0.3) is 0 Å². The van der Waals surface area contributed by atoms with E-state index in [1.165, 1.54) is 0 Å². The fourth-order valence-corrected chi connectivity index (χ4v) is 4.43. The minimum absolute atomic E-state index is 0.220. The number of halogens is 6. The summed E-state index contributed by atoms with van der Waals surface area (Å²) in [4.78, 5) is 0. The maximum atomic E-state index is 15.0. The van der Waals surface area contributed by atoms with Crippen molar-refractivity contribution in [1.82, 2.24) is 0 Å². The van der Waals surface area contributed by atoms with Crippen LogP contribution in [0, 0.1) is 23.3 Å². The molecule has 4 rings (SSSR count). The Bertz CT molecular complexity index is 1120. The predicted octanol–water partition coefficient (Wildman–Crippen LogP) is 8.66. The van der Waals surface area contributed by atoms with Crippen molar-refractivity contribution in [2.24, 2.45) is 0 Å². The van der Waals surface area contributed by atoms with Crippen molar-refractivity contribution < 1.29 is 22.3 Å². The topological polar surface area (TPSA) is 9.23 Å². The van der Waals surface area contributed by atoms with Gasteiger partial charge < -0.3 is 4.74 Å². The van der Waals surface area contributed by atoms with Gasteiger partial charge in [-0.15, -0.1) is 0 Å². The van der Waals surface area contributed by atoms with Crippen LogP contribution in [0.5, 0.6) is 0 Å². The van der Waals surface area contributed by atoms with Crippen LogP contribution < -0.4 is 0 Å². The van der Waals surface area contributed by atoms with Crippen LogP contribution in [-0.2, 0) is 4.74 Å². The second kappa shape index (κ2) is 10.2. The van der Waals surface area contributed by atoms with E-state index >= 15 is 17.6 Å². The Balaban J connectivity index is 1.92. The summed E-state index contributed by atoms with van der Waals surface area (Å²) >= 11 is 6.16. The molecular weight excluding hydrogens is 564 g/mol. The van der Waals surface area contributed by atoms with Crippen molar-refractivity contribution in [3.8, 4) is 0 Å². The van der Waals surface area contributed by atoms with E-state index < -0.39 is 35.5 Å². The minimum atomic E-state index is -1.29. The zero-order valence-corrected chi connectivity index (χ0v) is 20.1. The number of hydrogen-bond acceptors (Lipinski definition) is 1. The number of ether oxygens (including phenoxy) is 1. The van der Waals surface area contributed by atoms with E-state index in [4.69, 9.17) is 4.74 Å². The third-order valence-electron chi connectivity index (χ3n) is 5.09. The molecule has 0 heterocycles. The molecule has 0 spiro atoms. The monoisotopic (exact) mass is 578 g/mol. The average Bonchev–Trinajstić information content (AvgIpc) is 2.77. The van der Waals surface area contributed by atoms with E-state index in [1.807, 2.05) is 0 Å². The van der Waals surface area contributed by atoms with Crippen LogP contribution in [0.1, 0.15) is 34.5 Å². The first-order chi connectivity index (χ1) is 15.8. The standard InChI is InChI=1S/C26H16Br2F4O/c27-17-11-19(29)23(20(30)12-17)25(15-7-3-1-4-8-15)33-26(16-9-5-2-6-10-16)24-21(31)13-18(28)14-22(24)32/h1-14,25-26H. The molecule has 0 radical (unpaired) electrons. The van der Waals surface area contributed by atoms with Crippen LogP contribution in [0.15, 0.2) is 93.9 Å². The third kappa shape index (κ3) is 5.21. The molecule has 0 saturated carbocycles. The average molecular weight is 580 g/mol. The fourth-order valence-electron chi connectivity index (χ4n) is 3.63. The molecule has 4 aromatic carbocycles. The number of benzene rings is 4. The van der Waals surface area contributed by atoms with E-state index in [-0.39, 0.29) is 20.1 Å². The normalized spacial score (nSPS) is 13.0. The SMILES string of the molecule is Fc1cc(Br)cc(F)c1C(OC(c1ccccc1)c1c(F)cc(Br)cc1F)c1ccccc1. The first kappa shape index (κ1) is 23.7. The maximum absolute atomic E-state index is 15.0. The van der Waals surface area contributed by atoms with Crippen molar-refractivity contribution in [3.05, 3.63) is 139 Å². The molecule has 0 aliphatic carbocycles. The van der Waals surface area contributed by atoms with Gasteiger partial charge >= 0.3 is 0 Å². The zero-order chi connectivity index (χ0) is 23.5. The quantitative estimate of drug-likeness (QED) is 0.208. The molecule has 4 aromatic rings. The van der Waals surface area contributed by atoms with Crippen LogP contribution in [0.4, 0.5) is 17.6 Å². The number of hydrogen-bond donors (Lipinski definition) is 0. The van der Waals surface area contributed by atoms with Crippen molar-refractivity contribution in [1.29, 1.82) is 0 Å². The highest BCUT2D eigenvalue weighted by atomic mass is 79.9. The molecule has 168 valence electrons. The molecule has 33 heavy (non-hydrogen) atoms. The molecule has 2 unspecified atom stereocenters. The van der Waals surface area contributed by atoms with Gasteiger partial charge in [0.1, 0.15) is 35.5 Å². The lowest BCUT2D eigenvalue weighted by Crippen LogP contribution is -2.18. The Morgan fingerprint density at radius 1 is 0.515 bits per heavy atom. The Kier molecular flexibility index (Phi) is 7.32. The van der Waals surface area contributed by atoms with E-state index in [2.05, 4.69) is 31.9 Å². The highest BCUT2D eigenvalue weighted by molar-refractivity contribution is 9.10. The first-order valence-electron chi connectivity index (χ1n) is 9.89. The summed E-state index contributed by atoms with van der Waals surface area (Å²) in [5, 5.41) is 0. The largest absolute Gasteiger partial charge is 0.356 e. The Morgan fingerprint density at radius 3 is 1.12 bits per heavy atom. The fraction of sp³-hybridized carbons (Fsp3) is 0.0769. The Labute approximate surface area is 205 Å². The molecule has 0 aliphatic rings. The highest BCUT2D eigenvalue weighted by Gasteiger charge is 2.31. The lowest BCUT2D eigenvalue weighted by atomic mass is 9.96. The van der Waals surface area contributed by atoms with E-state index in [9.17, 15) is 0 Å². The molecule has 0 bridgehead atoms. The predicted molar refractivity (Wildman–Crippen MR) is 126 cm³/mol. The molecule has 7 heteroatoms.